The molecule has 0 radical (unpaired) electrons. The molecule has 2 N–H and O–H groups in total. The molecule has 1 saturated heterocycles. The van der Waals surface area contributed by atoms with Crippen LogP contribution in [-0.4, -0.2) is 62.2 Å². The summed E-state index contributed by atoms with van der Waals surface area (Å²) in [5.41, 5.74) is 3.86. The van der Waals surface area contributed by atoms with E-state index in [4.69, 9.17) is 21.7 Å². The Morgan fingerprint density at radius 1 is 1.25 bits per heavy atom. The third-order valence-electron chi connectivity index (χ3n) is 4.57. The van der Waals surface area contributed by atoms with Crippen molar-refractivity contribution >= 4 is 34.3 Å². The summed E-state index contributed by atoms with van der Waals surface area (Å²) >= 11 is 5.32. The predicted octanol–water partition coefficient (Wildman–Crippen LogP) is 2.76. The Balaban J connectivity index is 1.57. The molecule has 150 valence electrons. The lowest BCUT2D eigenvalue weighted by Gasteiger charge is -2.26. The minimum atomic E-state index is 0.515. The Morgan fingerprint density at radius 3 is 2.89 bits per heavy atom. The third-order valence-corrected chi connectivity index (χ3v) is 4.81. The maximum atomic E-state index is 5.90. The molecule has 0 aromatic heterocycles. The monoisotopic (exact) mass is 400 g/mol. The van der Waals surface area contributed by atoms with Crippen LogP contribution in [0.3, 0.4) is 0 Å². The molecule has 28 heavy (non-hydrogen) atoms. The van der Waals surface area contributed by atoms with Gasteiger partial charge in [-0.25, -0.2) is 0 Å². The second kappa shape index (κ2) is 10.9. The summed E-state index contributed by atoms with van der Waals surface area (Å²) in [6.45, 7) is 8.05. The van der Waals surface area contributed by atoms with E-state index in [2.05, 4.69) is 45.9 Å². The van der Waals surface area contributed by atoms with Crippen LogP contribution < -0.4 is 15.5 Å². The van der Waals surface area contributed by atoms with Crippen molar-refractivity contribution in [2.24, 2.45) is 5.10 Å². The molecule has 2 aromatic rings. The molecule has 0 amide bonds. The largest absolute Gasteiger partial charge is 0.493 e. The number of thiocarbonyl (C=S) groups is 1. The van der Waals surface area contributed by atoms with Gasteiger partial charge in [-0.3, -0.25) is 10.3 Å². The molecule has 0 bridgehead atoms. The van der Waals surface area contributed by atoms with Gasteiger partial charge in [0.2, 0.25) is 0 Å². The van der Waals surface area contributed by atoms with Crippen LogP contribution in [-0.2, 0) is 4.74 Å². The Hall–Kier alpha value is -2.22. The predicted molar refractivity (Wildman–Crippen MR) is 118 cm³/mol. The molecule has 0 atom stereocenters. The van der Waals surface area contributed by atoms with Gasteiger partial charge in [0, 0.05) is 31.7 Å². The number of fused-ring (bicyclic) bond motifs is 1. The highest BCUT2D eigenvalue weighted by Gasteiger charge is 2.09. The average molecular weight is 401 g/mol. The number of hydrogen-bond acceptors (Lipinski definition) is 5. The Kier molecular flexibility index (Phi) is 8.02. The number of rotatable bonds is 8. The molecule has 7 heteroatoms. The lowest BCUT2D eigenvalue weighted by Crippen LogP contribution is -2.42. The normalized spacial score (nSPS) is 15.0. The van der Waals surface area contributed by atoms with E-state index in [9.17, 15) is 0 Å². The van der Waals surface area contributed by atoms with E-state index >= 15 is 0 Å². The topological polar surface area (TPSA) is 58.1 Å². The molecule has 2 aromatic carbocycles. The summed E-state index contributed by atoms with van der Waals surface area (Å²) in [6.07, 6.45) is 2.74. The second-order valence-electron chi connectivity index (χ2n) is 6.63. The number of ether oxygens (including phenoxy) is 2. The summed E-state index contributed by atoms with van der Waals surface area (Å²) in [7, 11) is 0. The fraction of sp³-hybridized carbons (Fsp3) is 0.429. The molecule has 1 aliphatic heterocycles. The molecule has 1 heterocycles. The minimum absolute atomic E-state index is 0.515. The molecule has 1 aliphatic rings. The van der Waals surface area contributed by atoms with E-state index in [0.717, 1.165) is 67.9 Å². The lowest BCUT2D eigenvalue weighted by atomic mass is 10.0. The van der Waals surface area contributed by atoms with E-state index in [0.29, 0.717) is 11.7 Å². The first kappa shape index (κ1) is 20.5. The zero-order valence-electron chi connectivity index (χ0n) is 16.3. The fourth-order valence-electron chi connectivity index (χ4n) is 3.09. The molecule has 3 rings (SSSR count). The van der Waals surface area contributed by atoms with Gasteiger partial charge >= 0.3 is 0 Å². The summed E-state index contributed by atoms with van der Waals surface area (Å²) in [5.74, 6) is 0.831. The zero-order valence-corrected chi connectivity index (χ0v) is 17.1. The van der Waals surface area contributed by atoms with Crippen molar-refractivity contribution in [3.63, 3.8) is 0 Å². The number of hydrogen-bond donors (Lipinski definition) is 2. The maximum absolute atomic E-state index is 5.90. The van der Waals surface area contributed by atoms with Crippen LogP contribution >= 0.6 is 12.2 Å². The highest BCUT2D eigenvalue weighted by Crippen LogP contribution is 2.26. The number of benzene rings is 2. The van der Waals surface area contributed by atoms with Gasteiger partial charge in [-0.05, 0) is 35.5 Å². The van der Waals surface area contributed by atoms with Crippen molar-refractivity contribution in [2.75, 3.05) is 46.0 Å². The Labute approximate surface area is 171 Å². The quantitative estimate of drug-likeness (QED) is 0.404. The summed E-state index contributed by atoms with van der Waals surface area (Å²) in [4.78, 5) is 2.36. The molecule has 0 spiro atoms. The van der Waals surface area contributed by atoms with Crippen molar-refractivity contribution < 1.29 is 9.47 Å². The highest BCUT2D eigenvalue weighted by molar-refractivity contribution is 7.80. The molecule has 0 aliphatic carbocycles. The number of morpholine rings is 1. The Bertz CT molecular complexity index is 806. The van der Waals surface area contributed by atoms with E-state index < -0.39 is 0 Å². The van der Waals surface area contributed by atoms with Crippen LogP contribution in [0.4, 0.5) is 0 Å². The van der Waals surface area contributed by atoms with Crippen LogP contribution in [0.2, 0.25) is 0 Å². The zero-order chi connectivity index (χ0) is 19.6. The average Bonchev–Trinajstić information content (AvgIpc) is 2.73. The maximum Gasteiger partial charge on any atom is 0.187 e. The van der Waals surface area contributed by atoms with Crippen LogP contribution in [0.1, 0.15) is 18.9 Å². The Morgan fingerprint density at radius 2 is 2.07 bits per heavy atom. The van der Waals surface area contributed by atoms with Crippen molar-refractivity contribution in [1.82, 2.24) is 15.6 Å². The summed E-state index contributed by atoms with van der Waals surface area (Å²) in [6, 6.07) is 12.3. The number of nitrogens with one attached hydrogen (secondary N) is 2. The molecule has 0 unspecified atom stereocenters. The first-order chi connectivity index (χ1) is 13.8. The first-order valence-electron chi connectivity index (χ1n) is 9.79. The molecule has 1 fully saturated rings. The van der Waals surface area contributed by atoms with Crippen LogP contribution in [0.15, 0.2) is 41.5 Å². The molecular formula is C21H28N4O2S. The molecule has 6 nitrogen and oxygen atoms in total. The van der Waals surface area contributed by atoms with Crippen LogP contribution in [0.25, 0.3) is 10.8 Å². The summed E-state index contributed by atoms with van der Waals surface area (Å²) < 4.78 is 11.3. The van der Waals surface area contributed by atoms with Crippen LogP contribution in [0, 0.1) is 0 Å². The highest BCUT2D eigenvalue weighted by atomic mass is 32.1. The van der Waals surface area contributed by atoms with Gasteiger partial charge in [0.1, 0.15) is 5.75 Å². The smallest absolute Gasteiger partial charge is 0.187 e. The van der Waals surface area contributed by atoms with Gasteiger partial charge in [-0.2, -0.15) is 5.10 Å². The fourth-order valence-corrected chi connectivity index (χ4v) is 3.25. The van der Waals surface area contributed by atoms with E-state index in [1.54, 1.807) is 6.21 Å². The van der Waals surface area contributed by atoms with Gasteiger partial charge < -0.3 is 14.8 Å². The lowest BCUT2D eigenvalue weighted by molar-refractivity contribution is 0.0389. The van der Waals surface area contributed by atoms with Crippen molar-refractivity contribution in [1.29, 1.82) is 0 Å². The van der Waals surface area contributed by atoms with Gasteiger partial charge in [-0.1, -0.05) is 37.3 Å². The summed E-state index contributed by atoms with van der Waals surface area (Å²) in [5, 5.41) is 10.3. The number of hydrazone groups is 1. The third kappa shape index (κ3) is 5.89. The van der Waals surface area contributed by atoms with Crippen LogP contribution in [0.5, 0.6) is 5.75 Å². The van der Waals surface area contributed by atoms with Gasteiger partial charge in [0.15, 0.2) is 5.11 Å². The second-order valence-corrected chi connectivity index (χ2v) is 7.04. The van der Waals surface area contributed by atoms with Crippen molar-refractivity contribution in [3.05, 3.63) is 42.0 Å². The van der Waals surface area contributed by atoms with Gasteiger partial charge in [-0.15, -0.1) is 0 Å². The van der Waals surface area contributed by atoms with Crippen molar-refractivity contribution in [3.8, 4) is 5.75 Å². The van der Waals surface area contributed by atoms with Crippen molar-refractivity contribution in [2.45, 2.75) is 13.3 Å². The van der Waals surface area contributed by atoms with E-state index in [-0.39, 0.29) is 0 Å². The standard InChI is InChI=1S/C21H28N4O2S/c1-2-13-27-20-8-7-17-5-3-4-6-18(17)19(20)16-23-24-21(28)22-9-10-25-11-14-26-15-12-25/h3-8,16H,2,9-15H2,1H3,(H2,22,24,28)/b23-16-. The molecule has 0 saturated carbocycles. The SMILES string of the molecule is CCCOc1ccc2ccccc2c1/C=N\NC(=S)NCCN1CCOCC1. The minimum Gasteiger partial charge on any atom is -0.493 e. The first-order valence-corrected chi connectivity index (χ1v) is 10.2. The number of nitrogens with zero attached hydrogens (tertiary/aromatic N) is 2. The van der Waals surface area contributed by atoms with Gasteiger partial charge in [0.25, 0.3) is 0 Å². The molecular weight excluding hydrogens is 372 g/mol. The van der Waals surface area contributed by atoms with E-state index in [1.165, 1.54) is 0 Å². The van der Waals surface area contributed by atoms with Gasteiger partial charge in [0.05, 0.1) is 26.0 Å². The van der Waals surface area contributed by atoms with E-state index in [1.807, 2.05) is 18.2 Å².